The zero-order valence-corrected chi connectivity index (χ0v) is 11.7. The van der Waals surface area contributed by atoms with Crippen LogP contribution >= 0.6 is 0 Å². The molecule has 0 aromatic carbocycles. The Bertz CT molecular complexity index is 477. The highest BCUT2D eigenvalue weighted by Crippen LogP contribution is 2.29. The van der Waals surface area contributed by atoms with E-state index in [1.54, 1.807) is 13.0 Å². The van der Waals surface area contributed by atoms with Crippen LogP contribution in [0.4, 0.5) is 11.5 Å². The second kappa shape index (κ2) is 5.72. The first-order valence-corrected chi connectivity index (χ1v) is 6.66. The molecule has 0 amide bonds. The average Bonchev–Trinajstić information content (AvgIpc) is 2.47. The monoisotopic (exact) mass is 281 g/mol. The van der Waals surface area contributed by atoms with Crippen LogP contribution in [0.15, 0.2) is 18.3 Å². The smallest absolute Gasteiger partial charge is 0.363 e. The van der Waals surface area contributed by atoms with Crippen LogP contribution in [-0.2, 0) is 4.74 Å². The van der Waals surface area contributed by atoms with Gasteiger partial charge in [0.05, 0.1) is 18.4 Å². The third kappa shape index (κ3) is 2.73. The lowest BCUT2D eigenvalue weighted by Crippen LogP contribution is -2.57. The Hall–Kier alpha value is -1.73. The zero-order valence-electron chi connectivity index (χ0n) is 11.7. The van der Waals surface area contributed by atoms with Gasteiger partial charge in [0.2, 0.25) is 0 Å². The Morgan fingerprint density at radius 3 is 2.90 bits per heavy atom. The molecule has 0 spiro atoms. The number of anilines is 1. The van der Waals surface area contributed by atoms with Crippen LogP contribution in [-0.4, -0.2) is 46.4 Å². The molecule has 7 heteroatoms. The molecular formula is C13H19N3O4. The van der Waals surface area contributed by atoms with Crippen LogP contribution in [0.5, 0.6) is 0 Å². The van der Waals surface area contributed by atoms with Crippen molar-refractivity contribution in [1.29, 1.82) is 0 Å². The van der Waals surface area contributed by atoms with Crippen LogP contribution in [0, 0.1) is 10.1 Å². The lowest BCUT2D eigenvalue weighted by atomic mass is 9.92. The van der Waals surface area contributed by atoms with Crippen molar-refractivity contribution in [3.05, 3.63) is 28.4 Å². The molecule has 2 heterocycles. The van der Waals surface area contributed by atoms with Crippen LogP contribution in [0.2, 0.25) is 0 Å². The summed E-state index contributed by atoms with van der Waals surface area (Å²) < 4.78 is 5.77. The van der Waals surface area contributed by atoms with E-state index in [0.717, 1.165) is 5.69 Å². The van der Waals surface area contributed by atoms with Crippen LogP contribution in [0.1, 0.15) is 20.3 Å². The number of nitro groups is 1. The van der Waals surface area contributed by atoms with E-state index in [4.69, 9.17) is 4.74 Å². The summed E-state index contributed by atoms with van der Waals surface area (Å²) >= 11 is 0. The molecule has 1 aliphatic rings. The van der Waals surface area contributed by atoms with E-state index in [1.807, 2.05) is 11.8 Å². The Kier molecular flexibility index (Phi) is 4.20. The van der Waals surface area contributed by atoms with Crippen LogP contribution < -0.4 is 4.90 Å². The van der Waals surface area contributed by atoms with Gasteiger partial charge >= 0.3 is 5.82 Å². The predicted octanol–water partition coefficient (Wildman–Crippen LogP) is 1.36. The Morgan fingerprint density at radius 2 is 2.40 bits per heavy atom. The quantitative estimate of drug-likeness (QED) is 0.662. The van der Waals surface area contributed by atoms with Crippen LogP contribution in [0.3, 0.4) is 0 Å². The highest BCUT2D eigenvalue weighted by Gasteiger charge is 2.39. The van der Waals surface area contributed by atoms with E-state index >= 15 is 0 Å². The highest BCUT2D eigenvalue weighted by atomic mass is 16.6. The molecule has 0 bridgehead atoms. The van der Waals surface area contributed by atoms with Crippen molar-refractivity contribution in [1.82, 2.24) is 4.98 Å². The molecule has 20 heavy (non-hydrogen) atoms. The number of pyridine rings is 1. The van der Waals surface area contributed by atoms with E-state index in [0.29, 0.717) is 26.1 Å². The molecule has 2 rings (SSSR count). The minimum absolute atomic E-state index is 0.167. The first-order valence-electron chi connectivity index (χ1n) is 6.66. The maximum atomic E-state index is 10.6. The molecule has 0 radical (unpaired) electrons. The molecule has 1 aliphatic heterocycles. The van der Waals surface area contributed by atoms with Crippen molar-refractivity contribution >= 4 is 11.5 Å². The summed E-state index contributed by atoms with van der Waals surface area (Å²) in [5.74, 6) is -0.167. The van der Waals surface area contributed by atoms with E-state index in [-0.39, 0.29) is 5.82 Å². The first kappa shape index (κ1) is 14.7. The minimum Gasteiger partial charge on any atom is -0.390 e. The van der Waals surface area contributed by atoms with Gasteiger partial charge in [-0.05, 0) is 29.3 Å². The third-order valence-corrected chi connectivity index (χ3v) is 3.85. The first-order chi connectivity index (χ1) is 9.48. The Labute approximate surface area is 117 Å². The van der Waals surface area contributed by atoms with E-state index in [9.17, 15) is 15.2 Å². The van der Waals surface area contributed by atoms with Gasteiger partial charge in [-0.3, -0.25) is 0 Å². The lowest BCUT2D eigenvalue weighted by molar-refractivity contribution is -0.389. The van der Waals surface area contributed by atoms with Gasteiger partial charge in [0, 0.05) is 19.2 Å². The average molecular weight is 281 g/mol. The lowest BCUT2D eigenvalue weighted by Gasteiger charge is -2.44. The van der Waals surface area contributed by atoms with E-state index in [2.05, 4.69) is 4.98 Å². The summed E-state index contributed by atoms with van der Waals surface area (Å²) in [5.41, 5.74) is 0.206. The number of aliphatic hydroxyl groups is 1. The highest BCUT2D eigenvalue weighted by molar-refractivity contribution is 5.47. The van der Waals surface area contributed by atoms with Crippen molar-refractivity contribution in [2.24, 2.45) is 0 Å². The SMILES string of the molecule is CCC1(C(C)O)CN(c2ccc([N+](=O)[O-])nc2)CCO1. The minimum atomic E-state index is -0.597. The number of hydrogen-bond acceptors (Lipinski definition) is 6. The fourth-order valence-electron chi connectivity index (χ4n) is 2.46. The second-order valence-electron chi connectivity index (χ2n) is 5.00. The van der Waals surface area contributed by atoms with Crippen molar-refractivity contribution in [3.8, 4) is 0 Å². The Balaban J connectivity index is 2.18. The largest absolute Gasteiger partial charge is 0.390 e. The number of hydrogen-bond donors (Lipinski definition) is 1. The number of aromatic nitrogens is 1. The molecule has 2 unspecified atom stereocenters. The van der Waals surface area contributed by atoms with E-state index < -0.39 is 16.6 Å². The molecule has 1 N–H and O–H groups in total. The molecular weight excluding hydrogens is 262 g/mol. The molecule has 1 fully saturated rings. The third-order valence-electron chi connectivity index (χ3n) is 3.85. The number of morpholine rings is 1. The summed E-state index contributed by atoms with van der Waals surface area (Å²) in [4.78, 5) is 16.0. The van der Waals surface area contributed by atoms with Gasteiger partial charge in [0.1, 0.15) is 5.60 Å². The topological polar surface area (TPSA) is 88.7 Å². The normalized spacial score (nSPS) is 24.4. The van der Waals surface area contributed by atoms with Gasteiger partial charge in [-0.25, -0.2) is 0 Å². The maximum absolute atomic E-state index is 10.6. The standard InChI is InChI=1S/C13H19N3O4/c1-3-13(10(2)17)9-15(6-7-20-13)11-4-5-12(14-8-11)16(18)19/h4-5,8,10,17H,3,6-7,9H2,1-2H3. The molecule has 0 aliphatic carbocycles. The molecule has 7 nitrogen and oxygen atoms in total. The number of ether oxygens (including phenoxy) is 1. The number of aliphatic hydroxyl groups excluding tert-OH is 1. The summed E-state index contributed by atoms with van der Waals surface area (Å²) in [7, 11) is 0. The second-order valence-corrected chi connectivity index (χ2v) is 5.00. The summed E-state index contributed by atoms with van der Waals surface area (Å²) in [5, 5.41) is 20.6. The molecule has 2 atom stereocenters. The number of nitrogens with zero attached hydrogens (tertiary/aromatic N) is 3. The summed E-state index contributed by atoms with van der Waals surface area (Å²) in [6, 6.07) is 3.07. The molecule has 1 aromatic heterocycles. The van der Waals surface area contributed by atoms with Crippen LogP contribution in [0.25, 0.3) is 0 Å². The van der Waals surface area contributed by atoms with Gasteiger partial charge < -0.3 is 24.9 Å². The van der Waals surface area contributed by atoms with Gasteiger partial charge in [-0.2, -0.15) is 0 Å². The van der Waals surface area contributed by atoms with Gasteiger partial charge in [-0.1, -0.05) is 6.92 Å². The van der Waals surface area contributed by atoms with Gasteiger partial charge in [-0.15, -0.1) is 0 Å². The van der Waals surface area contributed by atoms with Gasteiger partial charge in [0.15, 0.2) is 6.20 Å². The molecule has 1 saturated heterocycles. The summed E-state index contributed by atoms with van der Waals surface area (Å²) in [6.45, 7) is 5.43. The molecule has 0 saturated carbocycles. The van der Waals surface area contributed by atoms with Crippen molar-refractivity contribution in [2.45, 2.75) is 32.0 Å². The fraction of sp³-hybridized carbons (Fsp3) is 0.615. The maximum Gasteiger partial charge on any atom is 0.363 e. The summed E-state index contributed by atoms with van der Waals surface area (Å²) in [6.07, 6.45) is 1.61. The Morgan fingerprint density at radius 1 is 1.65 bits per heavy atom. The van der Waals surface area contributed by atoms with Crippen molar-refractivity contribution in [2.75, 3.05) is 24.6 Å². The molecule has 1 aromatic rings. The van der Waals surface area contributed by atoms with E-state index in [1.165, 1.54) is 12.3 Å². The van der Waals surface area contributed by atoms with Crippen molar-refractivity contribution in [3.63, 3.8) is 0 Å². The zero-order chi connectivity index (χ0) is 14.8. The number of rotatable bonds is 4. The fourth-order valence-corrected chi connectivity index (χ4v) is 2.46. The van der Waals surface area contributed by atoms with Gasteiger partial charge in [0.25, 0.3) is 0 Å². The predicted molar refractivity (Wildman–Crippen MR) is 73.8 cm³/mol. The molecule has 110 valence electrons. The van der Waals surface area contributed by atoms with Crippen molar-refractivity contribution < 1.29 is 14.8 Å².